The van der Waals surface area contributed by atoms with Crippen LogP contribution in [-0.2, 0) is 56.0 Å². The van der Waals surface area contributed by atoms with Crippen molar-refractivity contribution in [2.24, 2.45) is 0 Å². The molecule has 6 rings (SSSR count). The van der Waals surface area contributed by atoms with Gasteiger partial charge in [0.2, 0.25) is 18.9 Å². The van der Waals surface area contributed by atoms with Crippen molar-refractivity contribution in [3.8, 4) is 0 Å². The molecule has 78 heavy (non-hydrogen) atoms. The van der Waals surface area contributed by atoms with Crippen LogP contribution in [0, 0.1) is 10.1 Å². The van der Waals surface area contributed by atoms with E-state index in [9.17, 15) is 120 Å². The highest BCUT2D eigenvalue weighted by Crippen LogP contribution is 2.41. The summed E-state index contributed by atoms with van der Waals surface area (Å²) in [6, 6.07) is 0.209. The molecule has 0 aliphatic heterocycles. The molecule has 0 atom stereocenters. The first-order valence-electron chi connectivity index (χ1n) is 21.0. The first-order valence-corrected chi connectivity index (χ1v) is 21.0. The predicted octanol–water partition coefficient (Wildman–Crippen LogP) is 12.8. The van der Waals surface area contributed by atoms with Gasteiger partial charge in [0.15, 0.2) is 12.4 Å². The van der Waals surface area contributed by atoms with Gasteiger partial charge in [-0.3, -0.25) is 14.9 Å². The summed E-state index contributed by atoms with van der Waals surface area (Å²) >= 11 is 0. The maximum atomic E-state index is 14.2. The zero-order valence-corrected chi connectivity index (χ0v) is 37.8. The van der Waals surface area contributed by atoms with Crippen LogP contribution in [-0.4, -0.2) is 28.4 Å². The molecule has 0 amide bonds. The Balaban J connectivity index is 0.000000443. The second kappa shape index (κ2) is 21.7. The van der Waals surface area contributed by atoms with Crippen molar-refractivity contribution < 1.29 is 120 Å². The quantitative estimate of drug-likeness (QED) is 0.0342. The maximum absolute atomic E-state index is 14.2. The molecule has 0 spiro atoms. The fourth-order valence-electron chi connectivity index (χ4n) is 7.85. The third kappa shape index (κ3) is 14.9. The minimum atomic E-state index is -6.13. The number of nitro groups is 1. The molecule has 1 heterocycles. The van der Waals surface area contributed by atoms with Gasteiger partial charge in [-0.15, -0.1) is 0 Å². The summed E-state index contributed by atoms with van der Waals surface area (Å²) in [6.07, 6.45) is -46.9. The van der Waals surface area contributed by atoms with Crippen LogP contribution in [0.2, 0.25) is 0 Å². The zero-order chi connectivity index (χ0) is 59.0. The number of rotatable bonds is 10. The van der Waals surface area contributed by atoms with Gasteiger partial charge in [0.25, 0.3) is 0 Å². The average Bonchev–Trinajstić information content (AvgIpc) is 3.30. The van der Waals surface area contributed by atoms with E-state index in [1.165, 1.54) is 6.08 Å². The summed E-state index contributed by atoms with van der Waals surface area (Å²) in [6.45, 7) is -0.0534. The Labute approximate surface area is 420 Å². The van der Waals surface area contributed by atoms with Gasteiger partial charge in [0.1, 0.15) is 11.8 Å². The Bertz CT molecular complexity index is 2750. The van der Waals surface area contributed by atoms with E-state index in [1.54, 1.807) is 41.4 Å². The van der Waals surface area contributed by atoms with Crippen molar-refractivity contribution in [1.29, 1.82) is 0 Å². The van der Waals surface area contributed by atoms with E-state index in [0.29, 0.717) is 11.3 Å². The number of halogens is 24. The van der Waals surface area contributed by atoms with Crippen LogP contribution in [0.15, 0.2) is 128 Å². The minimum Gasteiger partial charge on any atom is -0.287 e. The molecule has 0 aliphatic carbocycles. The summed E-state index contributed by atoms with van der Waals surface area (Å²) in [5.41, 5.74) is -29.0. The molecule has 6 nitrogen and oxygen atoms in total. The van der Waals surface area contributed by atoms with Gasteiger partial charge in [-0.05, 0) is 36.4 Å². The Hall–Kier alpha value is -7.63. The molecular formula is C47H26BF24N3O3. The van der Waals surface area contributed by atoms with Crippen molar-refractivity contribution >= 4 is 39.9 Å². The molecule has 6 aromatic rings. The lowest BCUT2D eigenvalue weighted by atomic mass is 9.12. The largest absolute Gasteiger partial charge is 0.416 e. The fraction of sp³-hybridized carbons (Fsp3) is 0.213. The molecule has 0 unspecified atom stereocenters. The maximum Gasteiger partial charge on any atom is 0.416 e. The van der Waals surface area contributed by atoms with Crippen molar-refractivity contribution in [2.45, 2.75) is 56.0 Å². The molecule has 0 N–H and O–H groups in total. The van der Waals surface area contributed by atoms with Crippen molar-refractivity contribution in [3.63, 3.8) is 0 Å². The van der Waals surface area contributed by atoms with Crippen LogP contribution >= 0.6 is 0 Å². The van der Waals surface area contributed by atoms with E-state index in [1.807, 2.05) is 18.2 Å². The van der Waals surface area contributed by atoms with Crippen LogP contribution in [0.1, 0.15) is 60.6 Å². The molecule has 0 bridgehead atoms. The lowest BCUT2D eigenvalue weighted by Gasteiger charge is -2.46. The molecule has 0 aliphatic rings. The standard InChI is InChI=1S/C32H12BF24.C15H14N3O3/c34-25(35,36)13-1-14(26(37,38)39)6-21(5-13)33(22-7-15(27(40,41)42)2-16(8-22)28(43,44)45,23-9-17(29(46,47)48)3-18(10-23)30(49,50)51)24-11-19(31(52,53)54)4-20(12-24)32(55,56)57;19-15(13-5-2-1-3-6-13)12-17-10-8-16-14(11-17)7-4-9-18(20)21/h1-12H;1-8,10-11H,9,12H2/q-1;+1. The van der Waals surface area contributed by atoms with Crippen LogP contribution in [0.4, 0.5) is 105 Å². The van der Waals surface area contributed by atoms with E-state index < -0.39 is 200 Å². The molecular weight excluding hydrogens is 1120 g/mol. The third-order valence-electron chi connectivity index (χ3n) is 11.2. The van der Waals surface area contributed by atoms with Gasteiger partial charge in [0, 0.05) is 10.5 Å². The monoisotopic (exact) mass is 1150 g/mol. The number of hydrogen-bond donors (Lipinski definition) is 0. The minimum absolute atomic E-state index is 0.00739. The number of carbonyl (C=O) groups excluding carboxylic acids is 1. The zero-order valence-electron chi connectivity index (χ0n) is 37.8. The summed E-state index contributed by atoms with van der Waals surface area (Å²) in [5, 5.41) is 10.2. The Morgan fingerprint density at radius 1 is 0.474 bits per heavy atom. The molecule has 1 aromatic heterocycles. The smallest absolute Gasteiger partial charge is 0.287 e. The van der Waals surface area contributed by atoms with E-state index in [4.69, 9.17) is 0 Å². The number of aromatic nitrogens is 2. The highest BCUT2D eigenvalue weighted by atomic mass is 19.4. The van der Waals surface area contributed by atoms with Gasteiger partial charge in [-0.1, -0.05) is 78.9 Å². The summed E-state index contributed by atoms with van der Waals surface area (Å²) in [4.78, 5) is 26.0. The number of nitrogens with zero attached hydrogens (tertiary/aromatic N) is 3. The SMILES string of the molecule is FC(F)(F)c1cc([B-](c2cc(C(F)(F)F)cc(C(F)(F)F)c2)(c2cc(C(F)(F)F)cc(C(F)(F)F)c2)c2cc(C(F)(F)F)cc(C(F)(F)F)c2)cc(C(F)(F)F)c1.O=C(C[n+]1ccnc(C=CC[N+](=O)[O-])c1)c1ccccc1. The number of hydrogen-bond acceptors (Lipinski definition) is 4. The molecule has 5 aromatic carbocycles. The molecule has 0 saturated heterocycles. The number of Topliss-reactive ketones (excluding diaryl/α,β-unsaturated/α-hetero) is 1. The molecule has 418 valence electrons. The summed E-state index contributed by atoms with van der Waals surface area (Å²) < 4.78 is 343. The lowest BCUT2D eigenvalue weighted by molar-refractivity contribution is -0.683. The average molecular weight is 1150 g/mol. The fourth-order valence-corrected chi connectivity index (χ4v) is 7.85. The second-order valence-corrected chi connectivity index (χ2v) is 16.6. The van der Waals surface area contributed by atoms with Crippen LogP contribution in [0.3, 0.4) is 0 Å². The van der Waals surface area contributed by atoms with Crippen molar-refractivity contribution in [2.75, 3.05) is 6.54 Å². The van der Waals surface area contributed by atoms with E-state index >= 15 is 0 Å². The third-order valence-corrected chi connectivity index (χ3v) is 11.2. The highest BCUT2D eigenvalue weighted by molar-refractivity contribution is 7.20. The van der Waals surface area contributed by atoms with Crippen LogP contribution < -0.4 is 26.4 Å². The summed E-state index contributed by atoms with van der Waals surface area (Å²) in [5.74, 6) is -0.00739. The molecule has 0 saturated carbocycles. The van der Waals surface area contributed by atoms with Gasteiger partial charge in [0.05, 0.1) is 50.7 Å². The first kappa shape index (κ1) is 61.2. The number of alkyl halides is 24. The molecule has 31 heteroatoms. The predicted molar refractivity (Wildman–Crippen MR) is 226 cm³/mol. The van der Waals surface area contributed by atoms with E-state index in [0.717, 1.165) is 0 Å². The number of carbonyl (C=O) groups is 1. The topological polar surface area (TPSA) is 77.0 Å². The molecule has 0 radical (unpaired) electrons. The van der Waals surface area contributed by atoms with Crippen LogP contribution in [0.5, 0.6) is 0 Å². The highest BCUT2D eigenvalue weighted by Gasteiger charge is 2.47. The van der Waals surface area contributed by atoms with Gasteiger partial charge in [-0.25, -0.2) is 4.98 Å². The van der Waals surface area contributed by atoms with Crippen molar-refractivity contribution in [1.82, 2.24) is 4.98 Å². The van der Waals surface area contributed by atoms with Crippen LogP contribution in [0.25, 0.3) is 6.08 Å². The Morgan fingerprint density at radius 2 is 0.756 bits per heavy atom. The number of ketones is 1. The van der Waals surface area contributed by atoms with Gasteiger partial charge in [-0.2, -0.15) is 132 Å². The summed E-state index contributed by atoms with van der Waals surface area (Å²) in [7, 11) is 0. The van der Waals surface area contributed by atoms with Gasteiger partial charge < -0.3 is 0 Å². The lowest BCUT2D eigenvalue weighted by Crippen LogP contribution is -2.75. The second-order valence-electron chi connectivity index (χ2n) is 16.6. The Kier molecular flexibility index (Phi) is 17.0. The van der Waals surface area contributed by atoms with Crippen molar-refractivity contribution in [3.05, 3.63) is 194 Å². The number of benzene rings is 5. The van der Waals surface area contributed by atoms with E-state index in [2.05, 4.69) is 4.98 Å². The van der Waals surface area contributed by atoms with Gasteiger partial charge >= 0.3 is 49.4 Å². The first-order chi connectivity index (χ1) is 35.4. The Morgan fingerprint density at radius 3 is 1.01 bits per heavy atom. The normalized spacial score (nSPS) is 13.3. The van der Waals surface area contributed by atoms with E-state index in [-0.39, 0.29) is 18.9 Å². The molecule has 0 fully saturated rings.